The Morgan fingerprint density at radius 2 is 2.05 bits per heavy atom. The summed E-state index contributed by atoms with van der Waals surface area (Å²) in [6.45, 7) is 7.15. The quantitative estimate of drug-likeness (QED) is 0.437. The zero-order chi connectivity index (χ0) is 15.9. The number of aliphatic hydroxyl groups excluding tert-OH is 1. The minimum atomic E-state index is -0.429. The standard InChI is InChI=1S/C15H24N2O4/c1-15(2,3)16-11-12-6-7-14(13(10-12)17(19)20)21-9-5-4-8-18/h6-7,10,16,18H,4-5,8-9,11H2,1-3H3. The number of nitro benzene ring substituents is 1. The number of rotatable bonds is 8. The van der Waals surface area contributed by atoms with Crippen molar-refractivity contribution in [2.75, 3.05) is 13.2 Å². The molecule has 0 unspecified atom stereocenters. The van der Waals surface area contributed by atoms with Gasteiger partial charge in [0.05, 0.1) is 11.5 Å². The Morgan fingerprint density at radius 3 is 2.62 bits per heavy atom. The molecule has 6 nitrogen and oxygen atoms in total. The fraction of sp³-hybridized carbons (Fsp3) is 0.600. The van der Waals surface area contributed by atoms with Crippen molar-refractivity contribution in [2.45, 2.75) is 45.7 Å². The molecule has 0 spiro atoms. The van der Waals surface area contributed by atoms with E-state index in [1.54, 1.807) is 12.1 Å². The summed E-state index contributed by atoms with van der Waals surface area (Å²) in [6.07, 6.45) is 1.29. The summed E-state index contributed by atoms with van der Waals surface area (Å²) < 4.78 is 5.43. The molecule has 6 heteroatoms. The van der Waals surface area contributed by atoms with Crippen LogP contribution in [0.15, 0.2) is 18.2 Å². The van der Waals surface area contributed by atoms with Gasteiger partial charge >= 0.3 is 5.69 Å². The van der Waals surface area contributed by atoms with E-state index in [9.17, 15) is 10.1 Å². The molecular weight excluding hydrogens is 272 g/mol. The van der Waals surface area contributed by atoms with Crippen molar-refractivity contribution < 1.29 is 14.8 Å². The minimum absolute atomic E-state index is 0.0211. The summed E-state index contributed by atoms with van der Waals surface area (Å²) in [5, 5.41) is 23.1. The molecule has 0 saturated carbocycles. The fourth-order valence-corrected chi connectivity index (χ4v) is 1.70. The Morgan fingerprint density at radius 1 is 1.33 bits per heavy atom. The monoisotopic (exact) mass is 296 g/mol. The molecule has 1 aromatic rings. The van der Waals surface area contributed by atoms with E-state index in [0.29, 0.717) is 26.0 Å². The fourth-order valence-electron chi connectivity index (χ4n) is 1.70. The van der Waals surface area contributed by atoms with Gasteiger partial charge in [0.1, 0.15) is 0 Å². The van der Waals surface area contributed by atoms with E-state index in [4.69, 9.17) is 9.84 Å². The SMILES string of the molecule is CC(C)(C)NCc1ccc(OCCCCO)c([N+](=O)[O-])c1. The molecule has 1 rings (SSSR count). The third-order valence-electron chi connectivity index (χ3n) is 2.85. The predicted octanol–water partition coefficient (Wildman–Crippen LogP) is 2.63. The lowest BCUT2D eigenvalue weighted by Crippen LogP contribution is -2.35. The lowest BCUT2D eigenvalue weighted by atomic mass is 10.1. The van der Waals surface area contributed by atoms with Gasteiger partial charge in [0.15, 0.2) is 5.75 Å². The number of nitrogens with one attached hydrogen (secondary N) is 1. The van der Waals surface area contributed by atoms with Crippen molar-refractivity contribution in [3.8, 4) is 5.75 Å². The Labute approximate surface area is 125 Å². The molecule has 0 amide bonds. The molecule has 0 aliphatic rings. The Kier molecular flexibility index (Phi) is 6.58. The summed E-state index contributed by atoms with van der Waals surface area (Å²) in [7, 11) is 0. The molecule has 0 heterocycles. The van der Waals surface area contributed by atoms with Crippen molar-refractivity contribution in [3.63, 3.8) is 0 Å². The van der Waals surface area contributed by atoms with E-state index in [-0.39, 0.29) is 23.6 Å². The average molecular weight is 296 g/mol. The van der Waals surface area contributed by atoms with E-state index < -0.39 is 4.92 Å². The minimum Gasteiger partial charge on any atom is -0.487 e. The van der Waals surface area contributed by atoms with Gasteiger partial charge in [-0.1, -0.05) is 6.07 Å². The van der Waals surface area contributed by atoms with E-state index in [1.165, 1.54) is 0 Å². The number of hydrogen-bond donors (Lipinski definition) is 2. The smallest absolute Gasteiger partial charge is 0.311 e. The van der Waals surface area contributed by atoms with Gasteiger partial charge < -0.3 is 15.2 Å². The summed E-state index contributed by atoms with van der Waals surface area (Å²) in [6, 6.07) is 5.00. The first-order chi connectivity index (χ1) is 9.83. The maximum atomic E-state index is 11.1. The number of unbranched alkanes of at least 4 members (excludes halogenated alkanes) is 1. The Balaban J connectivity index is 2.74. The third kappa shape index (κ3) is 6.55. The van der Waals surface area contributed by atoms with Crippen LogP contribution >= 0.6 is 0 Å². The van der Waals surface area contributed by atoms with Crippen molar-refractivity contribution in [2.24, 2.45) is 0 Å². The summed E-state index contributed by atoms with van der Waals surface area (Å²) in [5.41, 5.74) is 0.778. The topological polar surface area (TPSA) is 84.6 Å². The molecule has 118 valence electrons. The van der Waals surface area contributed by atoms with Gasteiger partial charge in [-0.05, 0) is 45.2 Å². The van der Waals surface area contributed by atoms with E-state index >= 15 is 0 Å². The third-order valence-corrected chi connectivity index (χ3v) is 2.85. The van der Waals surface area contributed by atoms with Crippen molar-refractivity contribution in [1.82, 2.24) is 5.32 Å². The summed E-state index contributed by atoms with van der Waals surface area (Å²) in [5.74, 6) is 0.275. The van der Waals surface area contributed by atoms with Gasteiger partial charge in [-0.15, -0.1) is 0 Å². The molecular formula is C15H24N2O4. The maximum Gasteiger partial charge on any atom is 0.311 e. The van der Waals surface area contributed by atoms with Crippen molar-refractivity contribution >= 4 is 5.69 Å². The first kappa shape index (κ1) is 17.4. The van der Waals surface area contributed by atoms with Gasteiger partial charge in [0.2, 0.25) is 0 Å². The Hall–Kier alpha value is -1.66. The van der Waals surface area contributed by atoms with Gasteiger partial charge in [-0.3, -0.25) is 10.1 Å². The van der Waals surface area contributed by atoms with Gasteiger partial charge in [-0.25, -0.2) is 0 Å². The first-order valence-electron chi connectivity index (χ1n) is 7.09. The second kappa shape index (κ2) is 7.95. The Bertz CT molecular complexity index is 469. The highest BCUT2D eigenvalue weighted by Gasteiger charge is 2.17. The molecule has 0 saturated heterocycles. The molecule has 0 aliphatic heterocycles. The van der Waals surface area contributed by atoms with E-state index in [1.807, 2.05) is 26.8 Å². The molecule has 0 radical (unpaired) electrons. The van der Waals surface area contributed by atoms with Crippen LogP contribution in [-0.2, 0) is 6.54 Å². The van der Waals surface area contributed by atoms with Gasteiger partial charge in [0, 0.05) is 24.8 Å². The first-order valence-corrected chi connectivity index (χ1v) is 7.09. The maximum absolute atomic E-state index is 11.1. The van der Waals surface area contributed by atoms with Crippen LogP contribution in [0.1, 0.15) is 39.2 Å². The molecule has 0 aliphatic carbocycles. The number of hydrogen-bond acceptors (Lipinski definition) is 5. The largest absolute Gasteiger partial charge is 0.487 e. The van der Waals surface area contributed by atoms with Gasteiger partial charge in [0.25, 0.3) is 0 Å². The highest BCUT2D eigenvalue weighted by molar-refractivity contribution is 5.48. The molecule has 0 bridgehead atoms. The van der Waals surface area contributed by atoms with Crippen molar-refractivity contribution in [1.29, 1.82) is 0 Å². The highest BCUT2D eigenvalue weighted by Crippen LogP contribution is 2.28. The molecule has 0 fully saturated rings. The highest BCUT2D eigenvalue weighted by atomic mass is 16.6. The molecule has 21 heavy (non-hydrogen) atoms. The summed E-state index contributed by atoms with van der Waals surface area (Å²) in [4.78, 5) is 10.7. The predicted molar refractivity (Wildman–Crippen MR) is 81.5 cm³/mol. The van der Waals surface area contributed by atoms with Crippen LogP contribution in [0.4, 0.5) is 5.69 Å². The zero-order valence-electron chi connectivity index (χ0n) is 12.9. The van der Waals surface area contributed by atoms with Crippen LogP contribution in [-0.4, -0.2) is 28.8 Å². The lowest BCUT2D eigenvalue weighted by Gasteiger charge is -2.20. The summed E-state index contributed by atoms with van der Waals surface area (Å²) >= 11 is 0. The van der Waals surface area contributed by atoms with Crippen LogP contribution in [0.25, 0.3) is 0 Å². The molecule has 1 aromatic carbocycles. The molecule has 0 atom stereocenters. The lowest BCUT2D eigenvalue weighted by molar-refractivity contribution is -0.385. The molecule has 0 aromatic heterocycles. The molecule has 2 N–H and O–H groups in total. The second-order valence-corrected chi connectivity index (χ2v) is 5.94. The average Bonchev–Trinajstić information content (AvgIpc) is 2.41. The number of ether oxygens (including phenoxy) is 1. The van der Waals surface area contributed by atoms with Crippen LogP contribution in [0.3, 0.4) is 0 Å². The normalized spacial score (nSPS) is 11.4. The number of aliphatic hydroxyl groups is 1. The van der Waals surface area contributed by atoms with E-state index in [0.717, 1.165) is 5.56 Å². The van der Waals surface area contributed by atoms with Crippen LogP contribution < -0.4 is 10.1 Å². The van der Waals surface area contributed by atoms with Crippen LogP contribution in [0, 0.1) is 10.1 Å². The van der Waals surface area contributed by atoms with Crippen LogP contribution in [0.2, 0.25) is 0 Å². The van der Waals surface area contributed by atoms with Gasteiger partial charge in [-0.2, -0.15) is 0 Å². The number of nitro groups is 1. The zero-order valence-corrected chi connectivity index (χ0v) is 12.9. The number of nitrogens with zero attached hydrogens (tertiary/aromatic N) is 1. The number of benzene rings is 1. The van der Waals surface area contributed by atoms with E-state index in [2.05, 4.69) is 5.32 Å². The van der Waals surface area contributed by atoms with Crippen molar-refractivity contribution in [3.05, 3.63) is 33.9 Å². The second-order valence-electron chi connectivity index (χ2n) is 5.94. The van der Waals surface area contributed by atoms with Crippen LogP contribution in [0.5, 0.6) is 5.75 Å².